The Hall–Kier alpha value is -0.610. The predicted molar refractivity (Wildman–Crippen MR) is 73.8 cm³/mol. The van der Waals surface area contributed by atoms with Crippen LogP contribution in [0.15, 0.2) is 23.0 Å². The summed E-state index contributed by atoms with van der Waals surface area (Å²) in [5.74, 6) is 0. The minimum Gasteiger partial charge on any atom is -0.302 e. The van der Waals surface area contributed by atoms with Crippen molar-refractivity contribution in [3.8, 4) is 0 Å². The van der Waals surface area contributed by atoms with E-state index in [1.165, 1.54) is 29.7 Å². The van der Waals surface area contributed by atoms with Gasteiger partial charge in [0.1, 0.15) is 0 Å². The Kier molecular flexibility index (Phi) is 3.82. The average Bonchev–Trinajstić information content (AvgIpc) is 2.55. The average molecular weight is 300 g/mol. The SMILES string of the molecule is Cn1c(=O)sc2cc(CCCCBr)ccc21. The van der Waals surface area contributed by atoms with Crippen LogP contribution in [0.4, 0.5) is 0 Å². The van der Waals surface area contributed by atoms with E-state index < -0.39 is 0 Å². The Balaban J connectivity index is 2.27. The van der Waals surface area contributed by atoms with Crippen LogP contribution < -0.4 is 4.87 Å². The number of fused-ring (bicyclic) bond motifs is 1. The zero-order valence-electron chi connectivity index (χ0n) is 9.20. The highest BCUT2D eigenvalue weighted by molar-refractivity contribution is 9.09. The number of aromatic nitrogens is 1. The zero-order chi connectivity index (χ0) is 11.5. The fourth-order valence-corrected chi connectivity index (χ4v) is 3.10. The monoisotopic (exact) mass is 299 g/mol. The molecule has 0 bridgehead atoms. The third-order valence-corrected chi connectivity index (χ3v) is 4.26. The number of unbranched alkanes of at least 4 members (excludes halogenated alkanes) is 1. The van der Waals surface area contributed by atoms with Crippen LogP contribution >= 0.6 is 27.3 Å². The van der Waals surface area contributed by atoms with Crippen molar-refractivity contribution in [1.82, 2.24) is 4.57 Å². The van der Waals surface area contributed by atoms with Crippen molar-refractivity contribution in [3.63, 3.8) is 0 Å². The van der Waals surface area contributed by atoms with Gasteiger partial charge in [-0.1, -0.05) is 33.3 Å². The highest BCUT2D eigenvalue weighted by Gasteiger charge is 2.04. The lowest BCUT2D eigenvalue weighted by Gasteiger charge is -2.00. The number of thiazole rings is 1. The number of aryl methyl sites for hydroxylation is 2. The maximum absolute atomic E-state index is 11.5. The molecule has 1 aromatic carbocycles. The van der Waals surface area contributed by atoms with E-state index >= 15 is 0 Å². The molecular weight excluding hydrogens is 286 g/mol. The normalized spacial score (nSPS) is 11.1. The van der Waals surface area contributed by atoms with Gasteiger partial charge < -0.3 is 4.57 Å². The van der Waals surface area contributed by atoms with Crippen LogP contribution in [-0.4, -0.2) is 9.90 Å². The van der Waals surface area contributed by atoms with Crippen LogP contribution in [0.25, 0.3) is 10.2 Å². The molecule has 0 aliphatic heterocycles. The number of halogens is 1. The van der Waals surface area contributed by atoms with Crippen molar-refractivity contribution in [2.75, 3.05) is 5.33 Å². The van der Waals surface area contributed by atoms with Gasteiger partial charge in [0.25, 0.3) is 0 Å². The number of benzene rings is 1. The topological polar surface area (TPSA) is 22.0 Å². The molecule has 2 aromatic rings. The number of alkyl halides is 1. The summed E-state index contributed by atoms with van der Waals surface area (Å²) in [6.45, 7) is 0. The summed E-state index contributed by atoms with van der Waals surface area (Å²) in [5.41, 5.74) is 2.37. The lowest BCUT2D eigenvalue weighted by Crippen LogP contribution is -2.06. The summed E-state index contributed by atoms with van der Waals surface area (Å²) in [7, 11) is 1.83. The molecule has 2 rings (SSSR count). The lowest BCUT2D eigenvalue weighted by molar-refractivity contribution is 0.806. The largest absolute Gasteiger partial charge is 0.307 e. The molecule has 1 heterocycles. The van der Waals surface area contributed by atoms with E-state index in [0.717, 1.165) is 22.0 Å². The maximum Gasteiger partial charge on any atom is 0.307 e. The molecule has 0 unspecified atom stereocenters. The molecular formula is C12H14BrNOS. The number of hydrogen-bond acceptors (Lipinski definition) is 2. The van der Waals surface area contributed by atoms with Crippen molar-refractivity contribution >= 4 is 37.5 Å². The van der Waals surface area contributed by atoms with Crippen molar-refractivity contribution in [3.05, 3.63) is 33.4 Å². The molecule has 0 fully saturated rings. The molecule has 0 aliphatic carbocycles. The molecule has 0 spiro atoms. The maximum atomic E-state index is 11.5. The van der Waals surface area contributed by atoms with Crippen LogP contribution in [0.5, 0.6) is 0 Å². The molecule has 0 saturated heterocycles. The quantitative estimate of drug-likeness (QED) is 0.627. The van der Waals surface area contributed by atoms with Crippen molar-refractivity contribution < 1.29 is 0 Å². The molecule has 0 amide bonds. The zero-order valence-corrected chi connectivity index (χ0v) is 11.6. The first-order valence-electron chi connectivity index (χ1n) is 5.37. The molecule has 86 valence electrons. The summed E-state index contributed by atoms with van der Waals surface area (Å²) in [4.78, 5) is 11.6. The molecule has 2 nitrogen and oxygen atoms in total. The second kappa shape index (κ2) is 5.15. The van der Waals surface area contributed by atoms with Crippen LogP contribution in [0.3, 0.4) is 0 Å². The van der Waals surface area contributed by atoms with Gasteiger partial charge in [0.15, 0.2) is 0 Å². The second-order valence-corrected chi connectivity index (χ2v) is 5.66. The van der Waals surface area contributed by atoms with E-state index in [4.69, 9.17) is 0 Å². The van der Waals surface area contributed by atoms with Crippen molar-refractivity contribution in [2.45, 2.75) is 19.3 Å². The van der Waals surface area contributed by atoms with E-state index in [9.17, 15) is 4.79 Å². The smallest absolute Gasteiger partial charge is 0.302 e. The van der Waals surface area contributed by atoms with E-state index in [1.54, 1.807) is 4.57 Å². The van der Waals surface area contributed by atoms with Gasteiger partial charge in [-0.2, -0.15) is 0 Å². The highest BCUT2D eigenvalue weighted by Crippen LogP contribution is 2.19. The summed E-state index contributed by atoms with van der Waals surface area (Å²) < 4.78 is 2.81. The van der Waals surface area contributed by atoms with Gasteiger partial charge in [-0.25, -0.2) is 0 Å². The summed E-state index contributed by atoms with van der Waals surface area (Å²) in [5, 5.41) is 1.06. The highest BCUT2D eigenvalue weighted by atomic mass is 79.9. The molecule has 0 atom stereocenters. The predicted octanol–water partition coefficient (Wildman–Crippen LogP) is 3.32. The summed E-state index contributed by atoms with van der Waals surface area (Å²) in [6.07, 6.45) is 3.49. The van der Waals surface area contributed by atoms with E-state index in [2.05, 4.69) is 34.1 Å². The Labute approximate surface area is 107 Å². The number of hydrogen-bond donors (Lipinski definition) is 0. The van der Waals surface area contributed by atoms with Gasteiger partial charge in [-0.15, -0.1) is 0 Å². The van der Waals surface area contributed by atoms with Gasteiger partial charge in [0.05, 0.1) is 10.2 Å². The van der Waals surface area contributed by atoms with Gasteiger partial charge in [0.2, 0.25) is 0 Å². The number of nitrogens with zero attached hydrogens (tertiary/aromatic N) is 1. The molecule has 1 aromatic heterocycles. The first-order chi connectivity index (χ1) is 7.72. The first-order valence-corrected chi connectivity index (χ1v) is 7.30. The molecule has 0 saturated carbocycles. The van der Waals surface area contributed by atoms with Gasteiger partial charge in [-0.05, 0) is 37.0 Å². The minimum absolute atomic E-state index is 0.118. The fraction of sp³-hybridized carbons (Fsp3) is 0.417. The van der Waals surface area contributed by atoms with Gasteiger partial charge in [-0.3, -0.25) is 4.79 Å². The lowest BCUT2D eigenvalue weighted by atomic mass is 10.1. The molecule has 0 radical (unpaired) electrons. The van der Waals surface area contributed by atoms with Crippen LogP contribution in [0, 0.1) is 0 Å². The van der Waals surface area contributed by atoms with Crippen molar-refractivity contribution in [2.24, 2.45) is 7.05 Å². The minimum atomic E-state index is 0.118. The van der Waals surface area contributed by atoms with Crippen LogP contribution in [0.2, 0.25) is 0 Å². The van der Waals surface area contributed by atoms with Crippen molar-refractivity contribution in [1.29, 1.82) is 0 Å². The van der Waals surface area contributed by atoms with E-state index in [1.807, 2.05) is 7.05 Å². The Morgan fingerprint density at radius 1 is 1.38 bits per heavy atom. The Morgan fingerprint density at radius 2 is 2.19 bits per heavy atom. The van der Waals surface area contributed by atoms with E-state index in [-0.39, 0.29) is 4.87 Å². The fourth-order valence-electron chi connectivity index (χ4n) is 1.76. The third-order valence-electron chi connectivity index (χ3n) is 2.71. The first kappa shape index (κ1) is 11.9. The third kappa shape index (κ3) is 2.38. The van der Waals surface area contributed by atoms with E-state index in [0.29, 0.717) is 0 Å². The Morgan fingerprint density at radius 3 is 2.94 bits per heavy atom. The van der Waals surface area contributed by atoms with Crippen LogP contribution in [-0.2, 0) is 13.5 Å². The van der Waals surface area contributed by atoms with Gasteiger partial charge >= 0.3 is 4.87 Å². The molecule has 4 heteroatoms. The Bertz CT molecular complexity index is 543. The molecule has 0 N–H and O–H groups in total. The number of rotatable bonds is 4. The molecule has 16 heavy (non-hydrogen) atoms. The van der Waals surface area contributed by atoms with Gasteiger partial charge in [0, 0.05) is 12.4 Å². The second-order valence-electron chi connectivity index (χ2n) is 3.88. The standard InChI is InChI=1S/C12H14BrNOS/c1-14-10-6-5-9(4-2-3-7-13)8-11(10)16-12(14)15/h5-6,8H,2-4,7H2,1H3. The van der Waals surface area contributed by atoms with Crippen LogP contribution in [0.1, 0.15) is 18.4 Å². The molecule has 0 aliphatic rings. The summed E-state index contributed by atoms with van der Waals surface area (Å²) in [6, 6.07) is 6.33. The summed E-state index contributed by atoms with van der Waals surface area (Å²) >= 11 is 4.76.